The molecule has 0 saturated carbocycles. The number of phenols is 1. The molecule has 0 heterocycles. The molecule has 0 aliphatic carbocycles. The van der Waals surface area contributed by atoms with E-state index in [2.05, 4.69) is 0 Å². The van der Waals surface area contributed by atoms with Crippen molar-refractivity contribution in [3.63, 3.8) is 0 Å². The Labute approximate surface area is 128 Å². The summed E-state index contributed by atoms with van der Waals surface area (Å²) in [6, 6.07) is 13.4. The predicted molar refractivity (Wildman–Crippen MR) is 81.3 cm³/mol. The fraction of sp³-hybridized carbons (Fsp3) is 0.250. The molecule has 1 N–H and O–H groups in total. The number of hydrogen-bond donors (Lipinski definition) is 1. The second kappa shape index (κ2) is 6.47. The summed E-state index contributed by atoms with van der Waals surface area (Å²) in [5.41, 5.74) is 0.685. The molecule has 0 unspecified atom stereocenters. The van der Waals surface area contributed by atoms with Crippen molar-refractivity contribution in [1.29, 1.82) is 0 Å². The molecule has 0 radical (unpaired) electrons. The minimum atomic E-state index is -0.692. The van der Waals surface area contributed by atoms with Crippen LogP contribution in [0.3, 0.4) is 0 Å². The number of rotatable bonds is 5. The van der Waals surface area contributed by atoms with Crippen LogP contribution in [0.15, 0.2) is 48.5 Å². The van der Waals surface area contributed by atoms with Gasteiger partial charge in [-0.3, -0.25) is 0 Å². The molecule has 0 aliphatic rings. The Balaban J connectivity index is 2.42. The van der Waals surface area contributed by atoms with E-state index in [0.717, 1.165) is 5.56 Å². The van der Waals surface area contributed by atoms with E-state index in [1.165, 1.54) is 6.07 Å². The van der Waals surface area contributed by atoms with E-state index in [9.17, 15) is 9.50 Å². The third-order valence-electron chi connectivity index (χ3n) is 3.41. The van der Waals surface area contributed by atoms with Crippen molar-refractivity contribution in [2.75, 3.05) is 11.8 Å². The topological polar surface area (TPSA) is 20.2 Å². The highest BCUT2D eigenvalue weighted by Gasteiger charge is 2.33. The van der Waals surface area contributed by atoms with Crippen LogP contribution in [0.25, 0.3) is 0 Å². The Bertz CT molecular complexity index is 582. The molecule has 0 saturated heterocycles. The highest BCUT2D eigenvalue weighted by Crippen LogP contribution is 2.34. The third-order valence-corrected chi connectivity index (χ3v) is 4.43. The van der Waals surface area contributed by atoms with Gasteiger partial charge in [0.15, 0.2) is 0 Å². The molecular formula is C16H15Cl2FO. The van der Waals surface area contributed by atoms with Crippen LogP contribution in [-0.4, -0.2) is 16.9 Å². The minimum Gasteiger partial charge on any atom is -0.508 e. The van der Waals surface area contributed by atoms with Crippen LogP contribution >= 0.6 is 23.2 Å². The average Bonchev–Trinajstić information content (AvgIpc) is 2.46. The molecule has 2 aromatic carbocycles. The molecule has 2 aromatic rings. The van der Waals surface area contributed by atoms with E-state index in [1.807, 2.05) is 6.07 Å². The Morgan fingerprint density at radius 1 is 1.00 bits per heavy atom. The number of benzene rings is 2. The summed E-state index contributed by atoms with van der Waals surface area (Å²) in [4.78, 5) is 0. The Morgan fingerprint density at radius 3 is 2.30 bits per heavy atom. The molecule has 20 heavy (non-hydrogen) atoms. The first kappa shape index (κ1) is 15.1. The second-order valence-electron chi connectivity index (χ2n) is 4.87. The zero-order chi connectivity index (χ0) is 14.6. The van der Waals surface area contributed by atoms with Gasteiger partial charge < -0.3 is 5.11 Å². The van der Waals surface area contributed by atoms with Crippen LogP contribution in [0, 0.1) is 5.82 Å². The van der Waals surface area contributed by atoms with Gasteiger partial charge in [-0.05, 0) is 35.7 Å². The molecule has 0 fully saturated rings. The molecule has 0 aromatic heterocycles. The Morgan fingerprint density at radius 2 is 1.70 bits per heavy atom. The summed E-state index contributed by atoms with van der Waals surface area (Å²) < 4.78 is 14.1. The number of alkyl halides is 2. The van der Waals surface area contributed by atoms with Crippen LogP contribution in [0.2, 0.25) is 0 Å². The summed E-state index contributed by atoms with van der Waals surface area (Å²) in [5, 5.41) is 9.54. The van der Waals surface area contributed by atoms with Gasteiger partial charge in [0.25, 0.3) is 0 Å². The Hall–Kier alpha value is -1.25. The number of halogens is 3. The van der Waals surface area contributed by atoms with E-state index in [4.69, 9.17) is 23.2 Å². The maximum absolute atomic E-state index is 14.1. The lowest BCUT2D eigenvalue weighted by Crippen LogP contribution is -2.34. The molecule has 0 atom stereocenters. The number of phenolic OH excluding ortho intramolecular Hbond substituents is 1. The van der Waals surface area contributed by atoms with E-state index in [0.29, 0.717) is 12.0 Å². The zero-order valence-electron chi connectivity index (χ0n) is 10.8. The van der Waals surface area contributed by atoms with Crippen LogP contribution in [0.1, 0.15) is 11.1 Å². The molecule has 1 nitrogen and oxygen atoms in total. The van der Waals surface area contributed by atoms with Crippen molar-refractivity contribution in [3.05, 3.63) is 65.5 Å². The fourth-order valence-corrected chi connectivity index (χ4v) is 3.08. The maximum atomic E-state index is 14.1. The van der Waals surface area contributed by atoms with Gasteiger partial charge in [-0.2, -0.15) is 0 Å². The molecule has 0 bridgehead atoms. The highest BCUT2D eigenvalue weighted by atomic mass is 35.5. The quantitative estimate of drug-likeness (QED) is 0.806. The molecule has 0 spiro atoms. The van der Waals surface area contributed by atoms with Crippen molar-refractivity contribution >= 4 is 23.2 Å². The van der Waals surface area contributed by atoms with Crippen LogP contribution in [0.5, 0.6) is 5.75 Å². The predicted octanol–water partition coefficient (Wildman–Crippen LogP) is 4.49. The van der Waals surface area contributed by atoms with Gasteiger partial charge >= 0.3 is 0 Å². The largest absolute Gasteiger partial charge is 0.508 e. The zero-order valence-corrected chi connectivity index (χ0v) is 12.3. The SMILES string of the molecule is Oc1cccc(CC(CCl)(CCl)c2ccccc2F)c1. The maximum Gasteiger partial charge on any atom is 0.127 e. The van der Waals surface area contributed by atoms with Crippen molar-refractivity contribution in [2.24, 2.45) is 0 Å². The highest BCUT2D eigenvalue weighted by molar-refractivity contribution is 6.22. The Kier molecular flexibility index (Phi) is 4.90. The van der Waals surface area contributed by atoms with E-state index >= 15 is 0 Å². The summed E-state index contributed by atoms with van der Waals surface area (Å²) in [7, 11) is 0. The van der Waals surface area contributed by atoms with E-state index in [-0.39, 0.29) is 23.3 Å². The van der Waals surface area contributed by atoms with Crippen molar-refractivity contribution in [2.45, 2.75) is 11.8 Å². The number of aromatic hydroxyl groups is 1. The normalized spacial score (nSPS) is 11.6. The summed E-state index contributed by atoms with van der Waals surface area (Å²) in [6.07, 6.45) is 0.468. The standard InChI is InChI=1S/C16H15Cl2FO/c17-10-16(11-18,14-6-1-2-7-15(14)19)9-12-4-3-5-13(20)8-12/h1-8,20H,9-11H2. The van der Waals surface area contributed by atoms with Gasteiger partial charge in [0.05, 0.1) is 0 Å². The van der Waals surface area contributed by atoms with Crippen LogP contribution in [0.4, 0.5) is 4.39 Å². The van der Waals surface area contributed by atoms with Crippen molar-refractivity contribution in [1.82, 2.24) is 0 Å². The summed E-state index contributed by atoms with van der Waals surface area (Å²) in [5.74, 6) is 0.267. The smallest absolute Gasteiger partial charge is 0.127 e. The first-order chi connectivity index (χ1) is 9.61. The lowest BCUT2D eigenvalue weighted by molar-refractivity contribution is 0.469. The molecule has 0 amide bonds. The lowest BCUT2D eigenvalue weighted by Gasteiger charge is -2.30. The minimum absolute atomic E-state index is 0.175. The second-order valence-corrected chi connectivity index (χ2v) is 5.41. The van der Waals surface area contributed by atoms with Crippen molar-refractivity contribution in [3.8, 4) is 5.75 Å². The summed E-state index contributed by atoms with van der Waals surface area (Å²) in [6.45, 7) is 0. The fourth-order valence-electron chi connectivity index (χ4n) is 2.32. The van der Waals surface area contributed by atoms with Gasteiger partial charge in [0.1, 0.15) is 11.6 Å². The third kappa shape index (κ3) is 3.08. The summed E-state index contributed by atoms with van der Waals surface area (Å²) >= 11 is 12.2. The van der Waals surface area contributed by atoms with Gasteiger partial charge in [0.2, 0.25) is 0 Å². The molecule has 4 heteroatoms. The first-order valence-electron chi connectivity index (χ1n) is 6.26. The first-order valence-corrected chi connectivity index (χ1v) is 7.33. The van der Waals surface area contributed by atoms with Gasteiger partial charge in [0, 0.05) is 17.2 Å². The molecule has 2 rings (SSSR count). The molecular weight excluding hydrogens is 298 g/mol. The van der Waals surface area contributed by atoms with Crippen LogP contribution < -0.4 is 0 Å². The van der Waals surface area contributed by atoms with Gasteiger partial charge in [-0.15, -0.1) is 23.2 Å². The lowest BCUT2D eigenvalue weighted by atomic mass is 9.78. The van der Waals surface area contributed by atoms with Crippen LogP contribution in [-0.2, 0) is 11.8 Å². The van der Waals surface area contributed by atoms with E-state index in [1.54, 1.807) is 36.4 Å². The molecule has 106 valence electrons. The monoisotopic (exact) mass is 312 g/mol. The average molecular weight is 313 g/mol. The molecule has 0 aliphatic heterocycles. The van der Waals surface area contributed by atoms with Gasteiger partial charge in [-0.1, -0.05) is 30.3 Å². The van der Waals surface area contributed by atoms with E-state index < -0.39 is 5.41 Å². The van der Waals surface area contributed by atoms with Gasteiger partial charge in [-0.25, -0.2) is 4.39 Å². The number of hydrogen-bond acceptors (Lipinski definition) is 1. The van der Waals surface area contributed by atoms with Crippen molar-refractivity contribution < 1.29 is 9.50 Å².